The van der Waals surface area contributed by atoms with Crippen molar-refractivity contribution in [1.82, 2.24) is 14.8 Å². The maximum Gasteiger partial charge on any atom is 0.348 e. The van der Waals surface area contributed by atoms with E-state index in [9.17, 15) is 9.59 Å². The number of carbonyl (C=O) groups is 1. The number of hydrogen-bond donors (Lipinski definition) is 2. The van der Waals surface area contributed by atoms with E-state index in [0.717, 1.165) is 11.8 Å². The SMILES string of the molecule is O=C(CSc1n[nH]c(=O)n1-c1ccc2c(c1)OCCO2)Nc1ccc(Cl)c(Cl)c1. The number of carbonyl (C=O) groups excluding carboxylic acids is 1. The molecule has 3 aromatic rings. The van der Waals surface area contributed by atoms with E-state index in [-0.39, 0.29) is 11.7 Å². The van der Waals surface area contributed by atoms with Gasteiger partial charge in [-0.1, -0.05) is 35.0 Å². The standard InChI is InChI=1S/C18H14Cl2N4O4S/c19-12-3-1-10(7-13(12)20)21-16(25)9-29-18-23-22-17(26)24(18)11-2-4-14-15(8-11)28-6-5-27-14/h1-4,7-8H,5-6,9H2,(H,21,25)(H,22,26). The molecule has 4 rings (SSSR count). The summed E-state index contributed by atoms with van der Waals surface area (Å²) in [6.45, 7) is 0.917. The zero-order valence-corrected chi connectivity index (χ0v) is 17.1. The van der Waals surface area contributed by atoms with Crippen molar-refractivity contribution in [3.05, 3.63) is 56.9 Å². The van der Waals surface area contributed by atoms with E-state index in [0.29, 0.717) is 51.3 Å². The second-order valence-corrected chi connectivity index (χ2v) is 7.70. The maximum atomic E-state index is 12.3. The first kappa shape index (κ1) is 19.7. The van der Waals surface area contributed by atoms with Gasteiger partial charge in [0, 0.05) is 11.8 Å². The summed E-state index contributed by atoms with van der Waals surface area (Å²) in [6.07, 6.45) is 0. The average molecular weight is 453 g/mol. The highest BCUT2D eigenvalue weighted by Gasteiger charge is 2.17. The van der Waals surface area contributed by atoms with Gasteiger partial charge in [-0.25, -0.2) is 14.5 Å². The van der Waals surface area contributed by atoms with Gasteiger partial charge in [-0.05, 0) is 30.3 Å². The highest BCUT2D eigenvalue weighted by Crippen LogP contribution is 2.32. The predicted molar refractivity (Wildman–Crippen MR) is 111 cm³/mol. The molecule has 0 unspecified atom stereocenters. The molecule has 0 saturated carbocycles. The zero-order valence-electron chi connectivity index (χ0n) is 14.8. The van der Waals surface area contributed by atoms with Crippen LogP contribution >= 0.6 is 35.0 Å². The minimum Gasteiger partial charge on any atom is -0.486 e. The van der Waals surface area contributed by atoms with Gasteiger partial charge in [-0.2, -0.15) is 0 Å². The minimum atomic E-state index is -0.422. The summed E-state index contributed by atoms with van der Waals surface area (Å²) in [5.74, 6) is 0.925. The van der Waals surface area contributed by atoms with Crippen molar-refractivity contribution in [1.29, 1.82) is 0 Å². The number of hydrogen-bond acceptors (Lipinski definition) is 6. The molecule has 0 radical (unpaired) electrons. The highest BCUT2D eigenvalue weighted by molar-refractivity contribution is 7.99. The van der Waals surface area contributed by atoms with Crippen molar-refractivity contribution in [2.24, 2.45) is 0 Å². The Morgan fingerprint density at radius 3 is 2.72 bits per heavy atom. The van der Waals surface area contributed by atoms with Gasteiger partial charge in [-0.15, -0.1) is 5.10 Å². The fraction of sp³-hybridized carbons (Fsp3) is 0.167. The summed E-state index contributed by atoms with van der Waals surface area (Å²) in [6, 6.07) is 9.96. The molecule has 11 heteroatoms. The molecule has 1 aliphatic rings. The molecule has 150 valence electrons. The van der Waals surface area contributed by atoms with E-state index in [4.69, 9.17) is 32.7 Å². The third-order valence-electron chi connectivity index (χ3n) is 3.96. The molecular weight excluding hydrogens is 439 g/mol. The number of benzene rings is 2. The van der Waals surface area contributed by atoms with Crippen molar-refractivity contribution < 1.29 is 14.3 Å². The van der Waals surface area contributed by atoms with E-state index in [1.165, 1.54) is 4.57 Å². The zero-order chi connectivity index (χ0) is 20.4. The lowest BCUT2D eigenvalue weighted by atomic mass is 10.2. The molecule has 0 saturated heterocycles. The van der Waals surface area contributed by atoms with Crippen molar-refractivity contribution in [3.8, 4) is 17.2 Å². The number of nitrogens with zero attached hydrogens (tertiary/aromatic N) is 2. The van der Waals surface area contributed by atoms with Gasteiger partial charge in [0.05, 0.1) is 21.5 Å². The van der Waals surface area contributed by atoms with Crippen molar-refractivity contribution in [2.75, 3.05) is 24.3 Å². The number of nitrogens with one attached hydrogen (secondary N) is 2. The van der Waals surface area contributed by atoms with E-state index < -0.39 is 5.69 Å². The minimum absolute atomic E-state index is 0.0368. The lowest BCUT2D eigenvalue weighted by molar-refractivity contribution is -0.113. The van der Waals surface area contributed by atoms with E-state index in [1.54, 1.807) is 36.4 Å². The van der Waals surface area contributed by atoms with Gasteiger partial charge in [0.15, 0.2) is 16.7 Å². The molecule has 1 aromatic heterocycles. The van der Waals surface area contributed by atoms with E-state index in [2.05, 4.69) is 15.5 Å². The first-order valence-corrected chi connectivity index (χ1v) is 10.2. The maximum absolute atomic E-state index is 12.3. The molecular formula is C18H14Cl2N4O4S. The topological polar surface area (TPSA) is 98.2 Å². The number of rotatable bonds is 5. The summed E-state index contributed by atoms with van der Waals surface area (Å²) < 4.78 is 12.4. The Kier molecular flexibility index (Phi) is 5.70. The monoisotopic (exact) mass is 452 g/mol. The highest BCUT2D eigenvalue weighted by atomic mass is 35.5. The van der Waals surface area contributed by atoms with Crippen LogP contribution in [0.5, 0.6) is 11.5 Å². The van der Waals surface area contributed by atoms with Crippen LogP contribution in [0, 0.1) is 0 Å². The second kappa shape index (κ2) is 8.40. The quantitative estimate of drug-likeness (QED) is 0.575. The van der Waals surface area contributed by atoms with Gasteiger partial charge in [0.2, 0.25) is 5.91 Å². The molecule has 1 aliphatic heterocycles. The smallest absolute Gasteiger partial charge is 0.348 e. The second-order valence-electron chi connectivity index (χ2n) is 5.94. The fourth-order valence-electron chi connectivity index (χ4n) is 2.68. The van der Waals surface area contributed by atoms with Crippen molar-refractivity contribution >= 4 is 46.6 Å². The Labute approximate surface area is 179 Å². The van der Waals surface area contributed by atoms with Crippen LogP contribution in [0.2, 0.25) is 10.0 Å². The Balaban J connectivity index is 1.48. The predicted octanol–water partition coefficient (Wildman–Crippen LogP) is 3.37. The average Bonchev–Trinajstić information content (AvgIpc) is 3.09. The van der Waals surface area contributed by atoms with Gasteiger partial charge >= 0.3 is 5.69 Å². The summed E-state index contributed by atoms with van der Waals surface area (Å²) in [4.78, 5) is 24.5. The van der Waals surface area contributed by atoms with Crippen LogP contribution in [0.3, 0.4) is 0 Å². The normalized spacial score (nSPS) is 12.6. The van der Waals surface area contributed by atoms with Gasteiger partial charge < -0.3 is 14.8 Å². The number of fused-ring (bicyclic) bond motifs is 1. The van der Waals surface area contributed by atoms with Crippen LogP contribution in [0.1, 0.15) is 0 Å². The molecule has 0 spiro atoms. The number of aromatic nitrogens is 3. The van der Waals surface area contributed by atoms with E-state index >= 15 is 0 Å². The van der Waals surface area contributed by atoms with Crippen LogP contribution < -0.4 is 20.5 Å². The lowest BCUT2D eigenvalue weighted by Crippen LogP contribution is -2.19. The summed E-state index contributed by atoms with van der Waals surface area (Å²) >= 11 is 12.9. The van der Waals surface area contributed by atoms with Crippen LogP contribution in [0.15, 0.2) is 46.3 Å². The molecule has 29 heavy (non-hydrogen) atoms. The van der Waals surface area contributed by atoms with Gasteiger partial charge in [0.1, 0.15) is 13.2 Å². The van der Waals surface area contributed by atoms with Crippen LogP contribution in [0.4, 0.5) is 5.69 Å². The number of aromatic amines is 1. The number of H-pyrrole nitrogens is 1. The number of thioether (sulfide) groups is 1. The van der Waals surface area contributed by atoms with Crippen molar-refractivity contribution in [2.45, 2.75) is 5.16 Å². The molecule has 2 heterocycles. The van der Waals surface area contributed by atoms with Crippen molar-refractivity contribution in [3.63, 3.8) is 0 Å². The lowest BCUT2D eigenvalue weighted by Gasteiger charge is -2.19. The Morgan fingerprint density at radius 2 is 1.93 bits per heavy atom. The molecule has 0 aliphatic carbocycles. The number of ether oxygens (including phenoxy) is 2. The Morgan fingerprint density at radius 1 is 1.14 bits per heavy atom. The summed E-state index contributed by atoms with van der Waals surface area (Å²) in [5, 5.41) is 10.2. The van der Waals surface area contributed by atoms with Gasteiger partial charge in [-0.3, -0.25) is 4.79 Å². The molecule has 1 amide bonds. The largest absolute Gasteiger partial charge is 0.486 e. The van der Waals surface area contributed by atoms with Crippen LogP contribution in [0.25, 0.3) is 5.69 Å². The molecule has 2 aromatic carbocycles. The number of amides is 1. The van der Waals surface area contributed by atoms with Gasteiger partial charge in [0.25, 0.3) is 0 Å². The summed E-state index contributed by atoms with van der Waals surface area (Å²) in [7, 11) is 0. The van der Waals surface area contributed by atoms with E-state index in [1.807, 2.05) is 0 Å². The first-order chi connectivity index (χ1) is 14.0. The molecule has 0 atom stereocenters. The number of anilines is 1. The summed E-state index contributed by atoms with van der Waals surface area (Å²) in [5.41, 5.74) is 0.658. The van der Waals surface area contributed by atoms with Crippen LogP contribution in [-0.2, 0) is 4.79 Å². The molecule has 2 N–H and O–H groups in total. The molecule has 8 nitrogen and oxygen atoms in total. The Bertz CT molecular complexity index is 1130. The number of halogens is 2. The third-order valence-corrected chi connectivity index (χ3v) is 5.64. The van der Waals surface area contributed by atoms with Crippen LogP contribution in [-0.4, -0.2) is 39.6 Å². The third kappa shape index (κ3) is 4.36. The Hall–Kier alpha value is -2.62. The molecule has 0 fully saturated rings. The molecule has 0 bridgehead atoms. The first-order valence-electron chi connectivity index (χ1n) is 8.46. The fourth-order valence-corrected chi connectivity index (χ4v) is 3.74.